The van der Waals surface area contributed by atoms with E-state index in [4.69, 9.17) is 10.5 Å². The minimum Gasteiger partial charge on any atom is -0.504 e. The Morgan fingerprint density at radius 2 is 2.08 bits per heavy atom. The molecule has 0 amide bonds. The number of anilines is 1. The number of pyridine rings is 1. The van der Waals surface area contributed by atoms with Crippen molar-refractivity contribution in [2.24, 2.45) is 5.92 Å². The number of nitrogen functional groups attached to an aromatic ring is 1. The molecule has 0 fully saturated rings. The third-order valence-corrected chi connectivity index (χ3v) is 9.90. The maximum absolute atomic E-state index is 12.6. The van der Waals surface area contributed by atoms with Gasteiger partial charge in [0.25, 0.3) is 0 Å². The van der Waals surface area contributed by atoms with Crippen LogP contribution in [0.3, 0.4) is 0 Å². The van der Waals surface area contributed by atoms with Crippen LogP contribution >= 0.6 is 21.6 Å². The zero-order chi connectivity index (χ0) is 27.8. The predicted molar refractivity (Wildman–Crippen MR) is 159 cm³/mol. The number of nitrogens with two attached hydrogens (primary N) is 1. The highest BCUT2D eigenvalue weighted by molar-refractivity contribution is 8.76. The summed E-state index contributed by atoms with van der Waals surface area (Å²) in [7, 11) is 5.07. The van der Waals surface area contributed by atoms with Crippen LogP contribution in [0.15, 0.2) is 42.9 Å². The van der Waals surface area contributed by atoms with Crippen LogP contribution in [0.4, 0.5) is 5.82 Å². The van der Waals surface area contributed by atoms with Gasteiger partial charge in [-0.2, -0.15) is 0 Å². The fourth-order valence-corrected chi connectivity index (χ4v) is 7.81. The quantitative estimate of drug-likeness (QED) is 0.340. The Bertz CT molecular complexity index is 1250. The summed E-state index contributed by atoms with van der Waals surface area (Å²) in [4.78, 5) is 31.9. The molecular formula is C29H36N4O4S2. The summed E-state index contributed by atoms with van der Waals surface area (Å²) in [6.07, 6.45) is 11.4. The van der Waals surface area contributed by atoms with Crippen molar-refractivity contribution in [2.45, 2.75) is 44.3 Å². The van der Waals surface area contributed by atoms with Crippen molar-refractivity contribution in [3.05, 3.63) is 65.1 Å². The van der Waals surface area contributed by atoms with Crippen molar-refractivity contribution >= 4 is 45.0 Å². The third-order valence-electron chi connectivity index (χ3n) is 7.00. The molecule has 0 spiro atoms. The van der Waals surface area contributed by atoms with E-state index in [0.717, 1.165) is 54.1 Å². The van der Waals surface area contributed by atoms with E-state index in [0.29, 0.717) is 30.3 Å². The first-order valence-corrected chi connectivity index (χ1v) is 15.5. The fourth-order valence-electron chi connectivity index (χ4n) is 4.62. The van der Waals surface area contributed by atoms with Crippen molar-refractivity contribution < 1.29 is 19.4 Å². The summed E-state index contributed by atoms with van der Waals surface area (Å²) in [6, 6.07) is 5.46. The molecule has 10 heteroatoms. The van der Waals surface area contributed by atoms with Crippen LogP contribution in [-0.4, -0.2) is 52.6 Å². The Kier molecular flexibility index (Phi) is 10.2. The predicted octanol–water partition coefficient (Wildman–Crippen LogP) is 5.09. The molecule has 1 aromatic heterocycles. The van der Waals surface area contributed by atoms with Crippen LogP contribution in [0.5, 0.6) is 11.5 Å². The van der Waals surface area contributed by atoms with Crippen molar-refractivity contribution in [3.8, 4) is 11.5 Å². The molecule has 39 heavy (non-hydrogen) atoms. The monoisotopic (exact) mass is 568 g/mol. The maximum Gasteiger partial charge on any atom is 0.163 e. The topological polar surface area (TPSA) is 118 Å². The molecule has 2 aliphatic rings. The number of methoxy groups -OCH3 is 1. The molecule has 0 saturated carbocycles. The number of nitrogens with one attached hydrogen (secondary N) is 1. The largest absolute Gasteiger partial charge is 0.504 e. The lowest BCUT2D eigenvalue weighted by atomic mass is 9.97. The molecule has 4 N–H and O–H groups in total. The van der Waals surface area contributed by atoms with Crippen LogP contribution in [-0.2, 0) is 16.0 Å². The summed E-state index contributed by atoms with van der Waals surface area (Å²) in [5.41, 5.74) is 9.88. The van der Waals surface area contributed by atoms with Gasteiger partial charge in [0.2, 0.25) is 0 Å². The lowest BCUT2D eigenvalue weighted by Crippen LogP contribution is -2.25. The van der Waals surface area contributed by atoms with E-state index >= 15 is 0 Å². The van der Waals surface area contributed by atoms with Gasteiger partial charge < -0.3 is 25.8 Å². The van der Waals surface area contributed by atoms with Gasteiger partial charge in [-0.1, -0.05) is 41.0 Å². The molecule has 0 saturated heterocycles. The van der Waals surface area contributed by atoms with Crippen molar-refractivity contribution in [1.82, 2.24) is 15.2 Å². The Labute approximate surface area is 237 Å². The molecule has 3 heterocycles. The second-order valence-electron chi connectivity index (χ2n) is 9.86. The van der Waals surface area contributed by atoms with Gasteiger partial charge in [-0.15, -0.1) is 0 Å². The number of benzene rings is 1. The van der Waals surface area contributed by atoms with Crippen LogP contribution in [0.1, 0.15) is 60.1 Å². The van der Waals surface area contributed by atoms with Gasteiger partial charge in [0.1, 0.15) is 11.6 Å². The number of fused-ring (bicyclic) bond motifs is 3. The highest BCUT2D eigenvalue weighted by atomic mass is 33.1. The van der Waals surface area contributed by atoms with E-state index in [2.05, 4.69) is 28.2 Å². The average molecular weight is 569 g/mol. The summed E-state index contributed by atoms with van der Waals surface area (Å²) >= 11 is 0. The summed E-state index contributed by atoms with van der Waals surface area (Å²) < 4.78 is 5.31. The molecule has 2 atom stereocenters. The van der Waals surface area contributed by atoms with Crippen LogP contribution < -0.4 is 15.8 Å². The number of ether oxygens (including phenoxy) is 1. The number of carbonyl (C=O) groups is 2. The third kappa shape index (κ3) is 7.95. The first-order chi connectivity index (χ1) is 18.9. The van der Waals surface area contributed by atoms with Gasteiger partial charge in [0.05, 0.1) is 25.4 Å². The number of nitrogens with zero attached hydrogens (tertiary/aromatic N) is 2. The number of aromatic nitrogens is 1. The Morgan fingerprint density at radius 3 is 2.82 bits per heavy atom. The molecule has 2 aliphatic heterocycles. The SMILES string of the molecule is CC[C@H]1CCC(=O)CC(=O)/C=C/c2cc(OC)c(O)cc2Cc2cnc(N)c(c2)[C@H](CN2C=CNC2)SSC1. The summed E-state index contributed by atoms with van der Waals surface area (Å²) in [6.45, 7) is 3.66. The molecule has 0 radical (unpaired) electrons. The number of allylic oxidation sites excluding steroid dienone is 1. The van der Waals surface area contributed by atoms with Gasteiger partial charge in [0, 0.05) is 42.9 Å². The highest BCUT2D eigenvalue weighted by Crippen LogP contribution is 2.42. The highest BCUT2D eigenvalue weighted by Gasteiger charge is 2.22. The van der Waals surface area contributed by atoms with E-state index < -0.39 is 0 Å². The van der Waals surface area contributed by atoms with Crippen LogP contribution in [0, 0.1) is 5.92 Å². The number of phenols is 1. The summed E-state index contributed by atoms with van der Waals surface area (Å²) in [5.74, 6) is 1.86. The van der Waals surface area contributed by atoms with Gasteiger partial charge in [-0.3, -0.25) is 9.59 Å². The smallest absolute Gasteiger partial charge is 0.163 e. The fraction of sp³-hybridized carbons (Fsp3) is 0.414. The van der Waals surface area contributed by atoms with E-state index in [-0.39, 0.29) is 29.0 Å². The molecule has 2 bridgehead atoms. The zero-order valence-corrected chi connectivity index (χ0v) is 24.0. The molecule has 0 aliphatic carbocycles. The lowest BCUT2D eigenvalue weighted by Gasteiger charge is -2.25. The molecular weight excluding hydrogens is 532 g/mol. The van der Waals surface area contributed by atoms with Gasteiger partial charge in [-0.25, -0.2) is 4.98 Å². The molecule has 8 nitrogen and oxygen atoms in total. The Balaban J connectivity index is 1.72. The number of ketones is 2. The number of carbonyl (C=O) groups excluding carboxylic acids is 2. The van der Waals surface area contributed by atoms with Crippen molar-refractivity contribution in [2.75, 3.05) is 31.8 Å². The van der Waals surface area contributed by atoms with Crippen molar-refractivity contribution in [3.63, 3.8) is 0 Å². The molecule has 1 aromatic carbocycles. The normalized spacial score (nSPS) is 21.5. The molecule has 0 unspecified atom stereocenters. The second-order valence-corrected chi connectivity index (χ2v) is 12.5. The maximum atomic E-state index is 12.6. The Hall–Kier alpha value is -3.11. The standard InChI is InChI=1S/C29H36N4O4S2/c1-3-19-4-6-23(34)14-24(35)7-5-21-13-27(37-2)26(36)12-22(21)10-20-11-25(29(30)32-15-20)28(39-38-17-19)16-33-9-8-31-18-33/h5,7-9,11-13,15,19,28,31,36H,3-4,6,10,14,16-18H2,1-2H3,(H2,30,32)/b7-5+/t19-,28-/m0/s1. The number of aromatic hydroxyl groups is 1. The molecule has 208 valence electrons. The van der Waals surface area contributed by atoms with Crippen LogP contribution in [0.2, 0.25) is 0 Å². The Morgan fingerprint density at radius 1 is 1.23 bits per heavy atom. The second kappa shape index (κ2) is 13.8. The van der Waals surface area contributed by atoms with Crippen LogP contribution in [0.25, 0.3) is 6.08 Å². The minimum atomic E-state index is -0.234. The number of Topliss-reactive ketones (excluding diaryl/α,β-unsaturated/α-hetero) is 1. The summed E-state index contributed by atoms with van der Waals surface area (Å²) in [5, 5.41) is 13.8. The average Bonchev–Trinajstić information content (AvgIpc) is 3.43. The van der Waals surface area contributed by atoms with Crippen molar-refractivity contribution in [1.29, 1.82) is 0 Å². The van der Waals surface area contributed by atoms with E-state index in [1.807, 2.05) is 12.4 Å². The molecule has 2 aromatic rings. The number of hydrogen-bond donors (Lipinski definition) is 3. The first-order valence-electron chi connectivity index (χ1n) is 13.1. The number of hydrogen-bond acceptors (Lipinski definition) is 10. The molecule has 4 rings (SSSR count). The van der Waals surface area contributed by atoms with Gasteiger partial charge in [0.15, 0.2) is 17.3 Å². The van der Waals surface area contributed by atoms with E-state index in [9.17, 15) is 14.7 Å². The first kappa shape index (κ1) is 28.9. The number of phenolic OH excluding ortho intramolecular Hbond substituents is 1. The number of rotatable bonds is 4. The minimum absolute atomic E-state index is 0.0144. The zero-order valence-electron chi connectivity index (χ0n) is 22.4. The van der Waals surface area contributed by atoms with E-state index in [1.165, 1.54) is 13.2 Å². The lowest BCUT2D eigenvalue weighted by molar-refractivity contribution is -0.124. The van der Waals surface area contributed by atoms with Gasteiger partial charge in [-0.05, 0) is 59.7 Å². The van der Waals surface area contributed by atoms with E-state index in [1.54, 1.807) is 46.0 Å². The van der Waals surface area contributed by atoms with Gasteiger partial charge >= 0.3 is 0 Å².